The number of nitrogens with one attached hydrogen (secondary N) is 1. The molecule has 0 fully saturated rings. The van der Waals surface area contributed by atoms with Crippen LogP contribution in [0.15, 0.2) is 35.3 Å². The summed E-state index contributed by atoms with van der Waals surface area (Å²) in [5, 5.41) is 11.3. The Morgan fingerprint density at radius 1 is 0.972 bits per heavy atom. The summed E-state index contributed by atoms with van der Waals surface area (Å²) in [5.74, 6) is -4.09. The first-order chi connectivity index (χ1) is 17.0. The smallest absolute Gasteiger partial charge is 0.312 e. The van der Waals surface area contributed by atoms with Crippen LogP contribution in [0.25, 0.3) is 0 Å². The van der Waals surface area contributed by atoms with Gasteiger partial charge in [-0.25, -0.2) is 0 Å². The van der Waals surface area contributed by atoms with Gasteiger partial charge in [0.15, 0.2) is 5.96 Å². The first-order valence-electron chi connectivity index (χ1n) is 11.1. The second kappa shape index (κ2) is 15.7. The van der Waals surface area contributed by atoms with Crippen LogP contribution in [0.4, 0.5) is 0 Å². The van der Waals surface area contributed by atoms with Crippen LogP contribution in [-0.2, 0) is 30.4 Å². The molecule has 0 aliphatic heterocycles. The van der Waals surface area contributed by atoms with E-state index < -0.39 is 42.7 Å². The third-order valence-electron chi connectivity index (χ3n) is 4.81. The van der Waals surface area contributed by atoms with E-state index in [9.17, 15) is 24.0 Å². The fraction of sp³-hybridized carbons (Fsp3) is 0.455. The van der Waals surface area contributed by atoms with Gasteiger partial charge in [0.25, 0.3) is 0 Å². The van der Waals surface area contributed by atoms with E-state index in [1.807, 2.05) is 30.3 Å². The second-order valence-corrected chi connectivity index (χ2v) is 7.98. The molecule has 0 aliphatic rings. The van der Waals surface area contributed by atoms with Crippen LogP contribution in [0.5, 0.6) is 0 Å². The van der Waals surface area contributed by atoms with E-state index >= 15 is 0 Å². The molecule has 14 nitrogen and oxygen atoms in total. The first-order valence-corrected chi connectivity index (χ1v) is 11.1. The lowest BCUT2D eigenvalue weighted by Gasteiger charge is -2.26. The van der Waals surface area contributed by atoms with Crippen LogP contribution in [0.3, 0.4) is 0 Å². The number of benzene rings is 1. The summed E-state index contributed by atoms with van der Waals surface area (Å²) in [6, 6.07) is 8.97. The van der Waals surface area contributed by atoms with Crippen LogP contribution < -0.4 is 28.3 Å². The largest absolute Gasteiger partial charge is 0.481 e. The molecule has 1 aromatic carbocycles. The maximum Gasteiger partial charge on any atom is 0.312 e. The topological polar surface area (TPSA) is 241 Å². The van der Waals surface area contributed by atoms with Crippen molar-refractivity contribution in [3.63, 3.8) is 0 Å². The summed E-state index contributed by atoms with van der Waals surface area (Å²) < 4.78 is 0. The highest BCUT2D eigenvalue weighted by Gasteiger charge is 2.21. The van der Waals surface area contributed by atoms with Gasteiger partial charge in [-0.15, -0.1) is 0 Å². The zero-order valence-electron chi connectivity index (χ0n) is 20.0. The summed E-state index contributed by atoms with van der Waals surface area (Å²) in [7, 11) is 0. The van der Waals surface area contributed by atoms with Crippen molar-refractivity contribution in [1.29, 1.82) is 0 Å². The molecule has 1 rings (SSSR count). The Kier molecular flexibility index (Phi) is 13.0. The number of carbonyl (C=O) groups excluding carboxylic acids is 4. The molecule has 0 heterocycles. The number of hydrogen-bond donors (Lipinski definition) is 6. The van der Waals surface area contributed by atoms with Gasteiger partial charge in [0.1, 0.15) is 6.42 Å². The van der Waals surface area contributed by atoms with Crippen molar-refractivity contribution in [1.82, 2.24) is 15.1 Å². The Balaban J connectivity index is 2.74. The van der Waals surface area contributed by atoms with Crippen LogP contribution in [0, 0.1) is 0 Å². The predicted molar refractivity (Wildman–Crippen MR) is 131 cm³/mol. The highest BCUT2D eigenvalue weighted by atomic mass is 16.4. The molecule has 198 valence electrons. The highest BCUT2D eigenvalue weighted by Crippen LogP contribution is 2.05. The minimum atomic E-state index is -1.36. The van der Waals surface area contributed by atoms with Gasteiger partial charge in [0, 0.05) is 32.1 Å². The number of carboxylic acid groups (broad SMARTS) is 1. The molecule has 14 heteroatoms. The minimum Gasteiger partial charge on any atom is -0.481 e. The quantitative estimate of drug-likeness (QED) is 0.0757. The van der Waals surface area contributed by atoms with Crippen molar-refractivity contribution in [3.8, 4) is 0 Å². The molecule has 4 amide bonds. The Labute approximate surface area is 208 Å². The molecule has 0 bridgehead atoms. The SMILES string of the molecule is NC(=O)CN(CCNC(=O)CN(C[C@@H](N)Cc1ccccc1)C(=O)CCN=C(N)N)C(=O)CC(=O)O. The normalized spacial score (nSPS) is 11.1. The van der Waals surface area contributed by atoms with Gasteiger partial charge in [-0.3, -0.25) is 29.0 Å². The number of amides is 4. The summed E-state index contributed by atoms with van der Waals surface area (Å²) in [5.41, 5.74) is 22.9. The Bertz CT molecular complexity index is 936. The Hall–Kier alpha value is -4.20. The summed E-state index contributed by atoms with van der Waals surface area (Å²) in [4.78, 5) is 65.2. The maximum absolute atomic E-state index is 12.7. The lowest BCUT2D eigenvalue weighted by molar-refractivity contribution is -0.145. The summed E-state index contributed by atoms with van der Waals surface area (Å²) >= 11 is 0. The van der Waals surface area contributed by atoms with E-state index in [0.717, 1.165) is 10.5 Å². The molecule has 0 aliphatic carbocycles. The van der Waals surface area contributed by atoms with Crippen molar-refractivity contribution >= 4 is 35.6 Å². The van der Waals surface area contributed by atoms with E-state index in [1.54, 1.807) is 0 Å². The monoisotopic (exact) mass is 506 g/mol. The van der Waals surface area contributed by atoms with Crippen LogP contribution in [0.2, 0.25) is 0 Å². The molecule has 0 unspecified atom stereocenters. The highest BCUT2D eigenvalue weighted by molar-refractivity contribution is 5.95. The standard InChI is InChI=1S/C22H34N8O6/c23-16(10-15-4-2-1-3-5-15)12-30(19(33)6-7-28-22(25)26)14-18(32)27-8-9-29(13-17(24)31)20(34)11-21(35)36/h1-5,16H,6-14,23H2,(H2,24,31)(H,27,32)(H,35,36)(H4,25,26,28)/t16-/m0/s1. The lowest BCUT2D eigenvalue weighted by atomic mass is 10.1. The molecular weight excluding hydrogens is 472 g/mol. The predicted octanol–water partition coefficient (Wildman–Crippen LogP) is -3.05. The van der Waals surface area contributed by atoms with Crippen molar-refractivity contribution in [2.75, 3.05) is 39.3 Å². The van der Waals surface area contributed by atoms with Crippen LogP contribution in [0.1, 0.15) is 18.4 Å². The van der Waals surface area contributed by atoms with Gasteiger partial charge in [0.2, 0.25) is 23.6 Å². The Morgan fingerprint density at radius 2 is 1.64 bits per heavy atom. The summed E-state index contributed by atoms with van der Waals surface area (Å²) in [6.07, 6.45) is -0.383. The molecule has 0 aromatic heterocycles. The zero-order valence-corrected chi connectivity index (χ0v) is 20.0. The Morgan fingerprint density at radius 3 is 2.22 bits per heavy atom. The van der Waals surface area contributed by atoms with E-state index in [-0.39, 0.29) is 51.0 Å². The third-order valence-corrected chi connectivity index (χ3v) is 4.81. The van der Waals surface area contributed by atoms with E-state index in [1.165, 1.54) is 4.90 Å². The molecule has 0 spiro atoms. The zero-order chi connectivity index (χ0) is 27.1. The number of primary amides is 1. The molecule has 10 N–H and O–H groups in total. The molecular formula is C22H34N8O6. The molecule has 0 saturated heterocycles. The number of carboxylic acids is 1. The van der Waals surface area contributed by atoms with Gasteiger partial charge in [-0.1, -0.05) is 30.3 Å². The van der Waals surface area contributed by atoms with E-state index in [0.29, 0.717) is 6.42 Å². The number of aliphatic imine (C=N–C) groups is 1. The minimum absolute atomic E-state index is 0.0423. The lowest BCUT2D eigenvalue weighted by Crippen LogP contribution is -2.48. The van der Waals surface area contributed by atoms with Crippen molar-refractivity contribution in [2.45, 2.75) is 25.3 Å². The van der Waals surface area contributed by atoms with Crippen molar-refractivity contribution < 1.29 is 29.1 Å². The molecule has 1 aromatic rings. The van der Waals surface area contributed by atoms with Gasteiger partial charge in [-0.05, 0) is 12.0 Å². The number of rotatable bonds is 16. The summed E-state index contributed by atoms with van der Waals surface area (Å²) in [6.45, 7) is -0.918. The van der Waals surface area contributed by atoms with Crippen LogP contribution in [-0.4, -0.2) is 95.8 Å². The molecule has 1 atom stereocenters. The first kappa shape index (κ1) is 29.8. The van der Waals surface area contributed by atoms with Crippen molar-refractivity contribution in [3.05, 3.63) is 35.9 Å². The fourth-order valence-electron chi connectivity index (χ4n) is 3.24. The number of aliphatic carboxylic acids is 1. The van der Waals surface area contributed by atoms with Gasteiger partial charge >= 0.3 is 5.97 Å². The average Bonchev–Trinajstić information content (AvgIpc) is 2.77. The molecule has 0 saturated carbocycles. The van der Waals surface area contributed by atoms with E-state index in [4.69, 9.17) is 28.0 Å². The average molecular weight is 507 g/mol. The molecule has 36 heavy (non-hydrogen) atoms. The van der Waals surface area contributed by atoms with Gasteiger partial charge in [0.05, 0.1) is 19.6 Å². The number of guanidine groups is 1. The van der Waals surface area contributed by atoms with Gasteiger partial charge in [-0.2, -0.15) is 0 Å². The maximum atomic E-state index is 12.7. The van der Waals surface area contributed by atoms with Crippen molar-refractivity contribution in [2.24, 2.45) is 27.9 Å². The number of hydrogen-bond acceptors (Lipinski definition) is 7. The van der Waals surface area contributed by atoms with Gasteiger partial charge < -0.3 is 43.2 Å². The third kappa shape index (κ3) is 12.9. The fourth-order valence-corrected chi connectivity index (χ4v) is 3.24. The number of carbonyl (C=O) groups is 5. The molecule has 0 radical (unpaired) electrons. The second-order valence-electron chi connectivity index (χ2n) is 7.98. The number of nitrogens with two attached hydrogens (primary N) is 4. The number of nitrogens with zero attached hydrogens (tertiary/aromatic N) is 3. The van der Waals surface area contributed by atoms with E-state index in [2.05, 4.69) is 10.3 Å². The van der Waals surface area contributed by atoms with Crippen LogP contribution >= 0.6 is 0 Å².